The number of carbonyl (C=O) groups is 1. The lowest BCUT2D eigenvalue weighted by atomic mass is 9.87. The molecule has 0 aliphatic carbocycles. The third kappa shape index (κ3) is 4.35. The number of hydrogen-bond acceptors (Lipinski definition) is 5. The Bertz CT molecular complexity index is 1340. The summed E-state index contributed by atoms with van der Waals surface area (Å²) in [6.07, 6.45) is 1.71. The summed E-state index contributed by atoms with van der Waals surface area (Å²) in [4.78, 5) is 31.6. The molecule has 1 aliphatic rings. The number of aromatic nitrogens is 2. The molecule has 2 N–H and O–H groups in total. The van der Waals surface area contributed by atoms with Crippen LogP contribution in [0.2, 0.25) is 0 Å². The summed E-state index contributed by atoms with van der Waals surface area (Å²) in [6, 6.07) is 8.11. The Morgan fingerprint density at radius 3 is 2.46 bits per heavy atom. The second kappa shape index (κ2) is 8.94. The lowest BCUT2D eigenvalue weighted by Crippen LogP contribution is -2.52. The van der Waals surface area contributed by atoms with Crippen LogP contribution in [-0.4, -0.2) is 39.5 Å². The van der Waals surface area contributed by atoms with Gasteiger partial charge in [-0.05, 0) is 44.5 Å². The molecular formula is C26H30F2N4O3. The van der Waals surface area contributed by atoms with Crippen molar-refractivity contribution < 1.29 is 18.7 Å². The van der Waals surface area contributed by atoms with Gasteiger partial charge in [0.2, 0.25) is 0 Å². The van der Waals surface area contributed by atoms with E-state index in [2.05, 4.69) is 5.32 Å². The highest BCUT2D eigenvalue weighted by molar-refractivity contribution is 5.94. The number of aryl methyl sites for hydroxylation is 1. The lowest BCUT2D eigenvalue weighted by molar-refractivity contribution is -0.105. The highest BCUT2D eigenvalue weighted by Crippen LogP contribution is 2.39. The molecule has 35 heavy (non-hydrogen) atoms. The first-order chi connectivity index (χ1) is 16.4. The number of benzene rings is 1. The number of halogens is 2. The van der Waals surface area contributed by atoms with Crippen LogP contribution in [0.4, 0.5) is 20.3 Å². The number of alkyl halides is 2. The first-order valence-corrected chi connectivity index (χ1v) is 11.7. The molecule has 1 saturated heterocycles. The molecule has 7 nitrogen and oxygen atoms in total. The predicted molar refractivity (Wildman–Crippen MR) is 132 cm³/mol. The number of nitrogens with zero attached hydrogens (tertiary/aromatic N) is 3. The van der Waals surface area contributed by atoms with Crippen LogP contribution in [0.1, 0.15) is 53.9 Å². The first kappa shape index (κ1) is 24.6. The molecule has 0 bridgehead atoms. The zero-order valence-corrected chi connectivity index (χ0v) is 20.5. The molecule has 1 aromatic carbocycles. The number of piperidine rings is 1. The van der Waals surface area contributed by atoms with Crippen molar-refractivity contribution in [1.29, 1.82) is 0 Å². The predicted octanol–water partition coefficient (Wildman–Crippen LogP) is 4.91. The first-order valence-electron chi connectivity index (χ1n) is 11.7. The van der Waals surface area contributed by atoms with E-state index in [1.165, 1.54) is 24.3 Å². The number of anilines is 2. The second-order valence-electron chi connectivity index (χ2n) is 9.63. The van der Waals surface area contributed by atoms with Crippen LogP contribution in [-0.2, 0) is 0 Å². The average Bonchev–Trinajstić information content (AvgIpc) is 2.80. The zero-order valence-electron chi connectivity index (χ0n) is 20.5. The van der Waals surface area contributed by atoms with Gasteiger partial charge >= 0.3 is 5.97 Å². The molecule has 1 aliphatic heterocycles. The van der Waals surface area contributed by atoms with Gasteiger partial charge in [0.05, 0.1) is 17.2 Å². The topological polar surface area (TPSA) is 86.9 Å². The zero-order chi connectivity index (χ0) is 25.7. The van der Waals surface area contributed by atoms with Gasteiger partial charge in [-0.3, -0.25) is 9.20 Å². The van der Waals surface area contributed by atoms with Crippen LogP contribution in [0.3, 0.4) is 0 Å². The summed E-state index contributed by atoms with van der Waals surface area (Å²) >= 11 is 0. The number of fused-ring (bicyclic) bond motifs is 1. The Labute approximate surface area is 202 Å². The van der Waals surface area contributed by atoms with Crippen LogP contribution in [0.15, 0.2) is 41.3 Å². The molecule has 3 heterocycles. The van der Waals surface area contributed by atoms with Gasteiger partial charge in [-0.2, -0.15) is 0 Å². The third-order valence-corrected chi connectivity index (χ3v) is 6.89. The maximum absolute atomic E-state index is 14.5. The molecule has 3 atom stereocenters. The van der Waals surface area contributed by atoms with Gasteiger partial charge in [-0.25, -0.2) is 18.6 Å². The molecule has 9 heteroatoms. The molecule has 2 aromatic heterocycles. The number of carboxylic acid groups (broad SMARTS) is 1. The molecule has 1 unspecified atom stereocenters. The van der Waals surface area contributed by atoms with Crippen molar-refractivity contribution in [3.05, 3.63) is 69.1 Å². The van der Waals surface area contributed by atoms with Crippen molar-refractivity contribution in [2.75, 3.05) is 23.3 Å². The van der Waals surface area contributed by atoms with Crippen molar-refractivity contribution in [2.45, 2.75) is 46.6 Å². The van der Waals surface area contributed by atoms with Crippen molar-refractivity contribution in [3.63, 3.8) is 0 Å². The number of carboxylic acids is 1. The van der Waals surface area contributed by atoms with E-state index in [1.54, 1.807) is 36.2 Å². The molecule has 4 rings (SSSR count). The Morgan fingerprint density at radius 1 is 1.20 bits per heavy atom. The van der Waals surface area contributed by atoms with E-state index in [-0.39, 0.29) is 24.2 Å². The minimum absolute atomic E-state index is 0.0990. The van der Waals surface area contributed by atoms with E-state index >= 15 is 0 Å². The average molecular weight is 485 g/mol. The number of hydrogen-bond donors (Lipinski definition) is 2. The second-order valence-corrected chi connectivity index (χ2v) is 9.63. The minimum Gasteiger partial charge on any atom is -0.478 e. The fraction of sp³-hybridized carbons (Fsp3) is 0.423. The highest BCUT2D eigenvalue weighted by Gasteiger charge is 2.47. The largest absolute Gasteiger partial charge is 0.478 e. The molecule has 0 amide bonds. The van der Waals surface area contributed by atoms with Gasteiger partial charge in [0, 0.05) is 42.4 Å². The lowest BCUT2D eigenvalue weighted by Gasteiger charge is -2.42. The monoisotopic (exact) mass is 484 g/mol. The Balaban J connectivity index is 1.82. The maximum Gasteiger partial charge on any atom is 0.337 e. The number of aromatic carboxylic acids is 1. The summed E-state index contributed by atoms with van der Waals surface area (Å²) in [7, 11) is 0. The third-order valence-electron chi connectivity index (χ3n) is 6.89. The minimum atomic E-state index is -2.78. The van der Waals surface area contributed by atoms with Crippen LogP contribution >= 0.6 is 0 Å². The van der Waals surface area contributed by atoms with Crippen molar-refractivity contribution >= 4 is 23.1 Å². The maximum atomic E-state index is 14.5. The van der Waals surface area contributed by atoms with Gasteiger partial charge < -0.3 is 15.3 Å². The van der Waals surface area contributed by atoms with Crippen LogP contribution in [0, 0.1) is 25.7 Å². The van der Waals surface area contributed by atoms with Gasteiger partial charge in [-0.15, -0.1) is 0 Å². The standard InChI is InChI=1S/C26H30F2N4O3/c1-14-10-20(18(5)29-21-9-7-6-8-19(21)25(34)35)23-30-22(17(4)24(33)32(23)11-14)31-12-15(2)26(27,28)16(3)13-31/h6-11,15-16,18,29H,12-13H2,1-5H3,(H,34,35)/t15-,16-,18?/m1/s1. The normalized spacial score (nSPS) is 20.6. The van der Waals surface area contributed by atoms with Crippen molar-refractivity contribution in [2.24, 2.45) is 11.8 Å². The van der Waals surface area contributed by atoms with Gasteiger partial charge in [-0.1, -0.05) is 26.0 Å². The summed E-state index contributed by atoms with van der Waals surface area (Å²) in [5.74, 6) is -5.18. The van der Waals surface area contributed by atoms with Crippen LogP contribution in [0.25, 0.3) is 5.65 Å². The Kier molecular flexibility index (Phi) is 6.29. The van der Waals surface area contributed by atoms with Crippen molar-refractivity contribution in [3.8, 4) is 0 Å². The molecule has 0 saturated carbocycles. The quantitative estimate of drug-likeness (QED) is 0.535. The smallest absolute Gasteiger partial charge is 0.337 e. The van der Waals surface area contributed by atoms with Crippen molar-refractivity contribution in [1.82, 2.24) is 9.38 Å². The number of pyridine rings is 1. The number of nitrogens with one attached hydrogen (secondary N) is 1. The Hall–Kier alpha value is -3.49. The molecule has 1 fully saturated rings. The molecule has 0 spiro atoms. The van der Waals surface area contributed by atoms with E-state index in [1.807, 2.05) is 19.9 Å². The number of rotatable bonds is 5. The molecule has 186 valence electrons. The van der Waals surface area contributed by atoms with E-state index in [9.17, 15) is 23.5 Å². The SMILES string of the molecule is Cc1cc(C(C)Nc2ccccc2C(=O)O)c2nc(N3C[C@@H](C)C(F)(F)[C@H](C)C3)c(C)c(=O)n2c1. The Morgan fingerprint density at radius 2 is 1.83 bits per heavy atom. The van der Waals surface area contributed by atoms with Gasteiger partial charge in [0.1, 0.15) is 11.5 Å². The van der Waals surface area contributed by atoms with E-state index in [4.69, 9.17) is 4.98 Å². The van der Waals surface area contributed by atoms with E-state index in [0.29, 0.717) is 28.3 Å². The fourth-order valence-corrected chi connectivity index (χ4v) is 4.86. The van der Waals surface area contributed by atoms with Gasteiger partial charge in [0.15, 0.2) is 0 Å². The van der Waals surface area contributed by atoms with Crippen LogP contribution in [0.5, 0.6) is 0 Å². The number of para-hydroxylation sites is 1. The van der Waals surface area contributed by atoms with Gasteiger partial charge in [0.25, 0.3) is 11.5 Å². The van der Waals surface area contributed by atoms with Crippen LogP contribution < -0.4 is 15.8 Å². The summed E-state index contributed by atoms with van der Waals surface area (Å²) in [5, 5.41) is 12.8. The molecule has 3 aromatic rings. The van der Waals surface area contributed by atoms with E-state index in [0.717, 1.165) is 5.56 Å². The summed E-state index contributed by atoms with van der Waals surface area (Å²) in [5.41, 5.74) is 2.67. The highest BCUT2D eigenvalue weighted by atomic mass is 19.3. The summed E-state index contributed by atoms with van der Waals surface area (Å²) < 4.78 is 30.4. The fourth-order valence-electron chi connectivity index (χ4n) is 4.86. The summed E-state index contributed by atoms with van der Waals surface area (Å²) in [6.45, 7) is 8.64. The molecule has 0 radical (unpaired) electrons. The van der Waals surface area contributed by atoms with E-state index < -0.39 is 29.8 Å². The molecular weight excluding hydrogens is 454 g/mol.